The van der Waals surface area contributed by atoms with E-state index in [9.17, 15) is 0 Å². The number of imidazole rings is 1. The van der Waals surface area contributed by atoms with E-state index >= 15 is 0 Å². The lowest BCUT2D eigenvalue weighted by Crippen LogP contribution is -2.30. The highest BCUT2D eigenvalue weighted by Crippen LogP contribution is 2.26. The highest BCUT2D eigenvalue weighted by Gasteiger charge is 2.19. The molecule has 3 heterocycles. The lowest BCUT2D eigenvalue weighted by molar-refractivity contribution is 0.547. The van der Waals surface area contributed by atoms with Crippen LogP contribution in [-0.2, 0) is 6.54 Å². The normalized spacial score (nSPS) is 17.4. The molecule has 0 aliphatic carbocycles. The third-order valence-corrected chi connectivity index (χ3v) is 4.93. The van der Waals surface area contributed by atoms with E-state index in [0.29, 0.717) is 6.04 Å². The van der Waals surface area contributed by atoms with Gasteiger partial charge in [0.2, 0.25) is 0 Å². The van der Waals surface area contributed by atoms with E-state index in [0.717, 1.165) is 24.6 Å². The van der Waals surface area contributed by atoms with Crippen molar-refractivity contribution >= 4 is 22.1 Å². The van der Waals surface area contributed by atoms with Crippen LogP contribution in [0.3, 0.4) is 0 Å². The van der Waals surface area contributed by atoms with E-state index < -0.39 is 0 Å². The molecular formula is C16H26N4S. The highest BCUT2D eigenvalue weighted by molar-refractivity contribution is 7.15. The van der Waals surface area contributed by atoms with Crippen LogP contribution >= 0.6 is 11.3 Å². The second-order valence-corrected chi connectivity index (χ2v) is 7.10. The van der Waals surface area contributed by atoms with E-state index in [1.807, 2.05) is 0 Å². The third-order valence-electron chi connectivity index (χ3n) is 4.17. The molecule has 1 saturated heterocycles. The van der Waals surface area contributed by atoms with Crippen LogP contribution in [0.15, 0.2) is 11.6 Å². The SMILES string of the molecule is CC(C)NCc1c(N2CCCCCCC2)nc2sccn12. The molecule has 0 atom stereocenters. The molecule has 0 aromatic carbocycles. The van der Waals surface area contributed by atoms with Crippen LogP contribution in [0, 0.1) is 0 Å². The molecule has 1 aliphatic heterocycles. The Morgan fingerprint density at radius 3 is 2.62 bits per heavy atom. The first-order valence-electron chi connectivity index (χ1n) is 8.18. The Labute approximate surface area is 131 Å². The van der Waals surface area contributed by atoms with Crippen LogP contribution < -0.4 is 10.2 Å². The fourth-order valence-corrected chi connectivity index (χ4v) is 3.73. The summed E-state index contributed by atoms with van der Waals surface area (Å²) in [5.74, 6) is 1.21. The zero-order valence-corrected chi connectivity index (χ0v) is 14.0. The maximum atomic E-state index is 4.91. The summed E-state index contributed by atoms with van der Waals surface area (Å²) in [4.78, 5) is 8.54. The van der Waals surface area contributed by atoms with E-state index in [4.69, 9.17) is 4.98 Å². The van der Waals surface area contributed by atoms with E-state index in [1.165, 1.54) is 43.6 Å². The first-order chi connectivity index (χ1) is 10.3. The predicted molar refractivity (Wildman–Crippen MR) is 90.3 cm³/mol. The molecule has 1 N–H and O–H groups in total. The van der Waals surface area contributed by atoms with Crippen LogP contribution in [0.1, 0.15) is 51.6 Å². The number of hydrogen-bond acceptors (Lipinski definition) is 4. The molecule has 2 aromatic heterocycles. The number of nitrogens with one attached hydrogen (secondary N) is 1. The number of hydrogen-bond donors (Lipinski definition) is 1. The summed E-state index contributed by atoms with van der Waals surface area (Å²) in [7, 11) is 0. The third kappa shape index (κ3) is 3.40. The van der Waals surface area contributed by atoms with Gasteiger partial charge in [0.25, 0.3) is 0 Å². The van der Waals surface area contributed by atoms with Gasteiger partial charge in [-0.05, 0) is 12.8 Å². The van der Waals surface area contributed by atoms with Crippen molar-refractivity contribution in [2.24, 2.45) is 0 Å². The first kappa shape index (κ1) is 14.9. The summed E-state index contributed by atoms with van der Waals surface area (Å²) in [6.07, 6.45) is 8.85. The van der Waals surface area contributed by atoms with Crippen molar-refractivity contribution < 1.29 is 0 Å². The Hall–Kier alpha value is -1.07. The van der Waals surface area contributed by atoms with Crippen molar-refractivity contribution in [1.29, 1.82) is 0 Å². The summed E-state index contributed by atoms with van der Waals surface area (Å²) in [5.41, 5.74) is 1.32. The zero-order chi connectivity index (χ0) is 14.7. The number of anilines is 1. The van der Waals surface area contributed by atoms with E-state index in [2.05, 4.69) is 40.0 Å². The maximum Gasteiger partial charge on any atom is 0.195 e. The molecular weight excluding hydrogens is 280 g/mol. The number of nitrogens with zero attached hydrogens (tertiary/aromatic N) is 3. The quantitative estimate of drug-likeness (QED) is 0.935. The minimum Gasteiger partial charge on any atom is -0.355 e. The van der Waals surface area contributed by atoms with Gasteiger partial charge in [-0.15, -0.1) is 11.3 Å². The second-order valence-electron chi connectivity index (χ2n) is 6.23. The topological polar surface area (TPSA) is 32.6 Å². The van der Waals surface area contributed by atoms with Crippen LogP contribution in [0.25, 0.3) is 4.96 Å². The van der Waals surface area contributed by atoms with Gasteiger partial charge in [0, 0.05) is 37.3 Å². The van der Waals surface area contributed by atoms with Crippen molar-refractivity contribution in [2.45, 2.75) is 58.5 Å². The molecule has 3 rings (SSSR count). The maximum absolute atomic E-state index is 4.91. The van der Waals surface area contributed by atoms with Crippen molar-refractivity contribution in [3.63, 3.8) is 0 Å². The number of fused-ring (bicyclic) bond motifs is 1. The van der Waals surface area contributed by atoms with Crippen LogP contribution in [0.2, 0.25) is 0 Å². The summed E-state index contributed by atoms with van der Waals surface area (Å²) in [6.45, 7) is 7.59. The van der Waals surface area contributed by atoms with Crippen LogP contribution in [0.5, 0.6) is 0 Å². The molecule has 0 saturated carbocycles. The molecule has 0 radical (unpaired) electrons. The Bertz CT molecular complexity index is 564. The summed E-state index contributed by atoms with van der Waals surface area (Å²) >= 11 is 1.73. The smallest absolute Gasteiger partial charge is 0.195 e. The molecule has 0 unspecified atom stereocenters. The van der Waals surface area contributed by atoms with Gasteiger partial charge in [-0.1, -0.05) is 33.1 Å². The Morgan fingerprint density at radius 2 is 1.90 bits per heavy atom. The van der Waals surface area contributed by atoms with Crippen molar-refractivity contribution in [2.75, 3.05) is 18.0 Å². The lowest BCUT2D eigenvalue weighted by Gasteiger charge is -2.26. The molecule has 5 heteroatoms. The minimum atomic E-state index is 0.495. The van der Waals surface area contributed by atoms with Gasteiger partial charge < -0.3 is 10.2 Å². The molecule has 1 fully saturated rings. The number of thiazole rings is 1. The van der Waals surface area contributed by atoms with Gasteiger partial charge in [-0.2, -0.15) is 0 Å². The van der Waals surface area contributed by atoms with Crippen molar-refractivity contribution in [3.05, 3.63) is 17.3 Å². The van der Waals surface area contributed by atoms with E-state index in [-0.39, 0.29) is 0 Å². The molecule has 116 valence electrons. The monoisotopic (exact) mass is 306 g/mol. The van der Waals surface area contributed by atoms with E-state index in [1.54, 1.807) is 11.3 Å². The summed E-state index contributed by atoms with van der Waals surface area (Å²) < 4.78 is 2.26. The number of rotatable bonds is 4. The van der Waals surface area contributed by atoms with Crippen molar-refractivity contribution in [3.8, 4) is 0 Å². The fraction of sp³-hybridized carbons (Fsp3) is 0.688. The Balaban J connectivity index is 1.87. The summed E-state index contributed by atoms with van der Waals surface area (Å²) in [5, 5.41) is 5.68. The van der Waals surface area contributed by atoms with Gasteiger partial charge >= 0.3 is 0 Å². The minimum absolute atomic E-state index is 0.495. The Morgan fingerprint density at radius 1 is 1.19 bits per heavy atom. The van der Waals surface area contributed by atoms with Gasteiger partial charge in [-0.3, -0.25) is 4.40 Å². The van der Waals surface area contributed by atoms with Crippen molar-refractivity contribution in [1.82, 2.24) is 14.7 Å². The second kappa shape index (κ2) is 6.79. The molecule has 2 aromatic rings. The molecule has 0 bridgehead atoms. The summed E-state index contributed by atoms with van der Waals surface area (Å²) in [6, 6.07) is 0.495. The molecule has 21 heavy (non-hydrogen) atoms. The molecule has 0 amide bonds. The molecule has 1 aliphatic rings. The van der Waals surface area contributed by atoms with Gasteiger partial charge in [0.1, 0.15) is 0 Å². The van der Waals surface area contributed by atoms with Gasteiger partial charge in [-0.25, -0.2) is 4.98 Å². The van der Waals surface area contributed by atoms with Crippen LogP contribution in [-0.4, -0.2) is 28.5 Å². The highest BCUT2D eigenvalue weighted by atomic mass is 32.1. The number of aromatic nitrogens is 2. The Kier molecular flexibility index (Phi) is 4.80. The first-order valence-corrected chi connectivity index (χ1v) is 9.06. The lowest BCUT2D eigenvalue weighted by atomic mass is 10.1. The predicted octanol–water partition coefficient (Wildman–Crippen LogP) is 3.66. The molecule has 4 nitrogen and oxygen atoms in total. The largest absolute Gasteiger partial charge is 0.355 e. The zero-order valence-electron chi connectivity index (χ0n) is 13.1. The fourth-order valence-electron chi connectivity index (χ4n) is 3.00. The van der Waals surface area contributed by atoms with Gasteiger partial charge in [0.15, 0.2) is 10.8 Å². The average Bonchev–Trinajstić information content (AvgIpc) is 2.96. The van der Waals surface area contributed by atoms with Gasteiger partial charge in [0.05, 0.1) is 5.69 Å². The standard InChI is InChI=1S/C16H26N4S/c1-13(2)17-12-14-15(18-16-20(14)10-11-21-16)19-8-6-4-3-5-7-9-19/h10-11,13,17H,3-9,12H2,1-2H3. The molecule has 0 spiro atoms. The average molecular weight is 306 g/mol. The van der Waals surface area contributed by atoms with Crippen LogP contribution in [0.4, 0.5) is 5.82 Å².